The molecule has 1 nitrogen and oxygen atoms in total. The van der Waals surface area contributed by atoms with Crippen molar-refractivity contribution in [2.75, 3.05) is 0 Å². The van der Waals surface area contributed by atoms with Crippen molar-refractivity contribution in [2.24, 2.45) is 23.0 Å². The van der Waals surface area contributed by atoms with Gasteiger partial charge in [0.2, 0.25) is 0 Å². The molecule has 1 saturated carbocycles. The van der Waals surface area contributed by atoms with E-state index in [0.29, 0.717) is 17.9 Å². The Hall–Kier alpha value is -0.960. The summed E-state index contributed by atoms with van der Waals surface area (Å²) in [5, 5.41) is 0. The monoisotopic (exact) mass is 281 g/mol. The highest BCUT2D eigenvalue weighted by molar-refractivity contribution is 5.19. The second kappa shape index (κ2) is 5.80. The van der Waals surface area contributed by atoms with Gasteiger partial charge in [0.15, 0.2) is 0 Å². The number of benzene rings is 1. The number of nitrogens with two attached hydrogens (primary N) is 1. The molecule has 0 heterocycles. The van der Waals surface area contributed by atoms with Gasteiger partial charge < -0.3 is 5.73 Å². The van der Waals surface area contributed by atoms with Crippen molar-refractivity contribution in [3.63, 3.8) is 0 Å². The molecular weight excluding hydrogens is 256 g/mol. The third-order valence-corrected chi connectivity index (χ3v) is 4.76. The van der Waals surface area contributed by atoms with Gasteiger partial charge >= 0.3 is 0 Å². The van der Waals surface area contributed by atoms with Gasteiger partial charge in [0.25, 0.3) is 0 Å². The third-order valence-electron chi connectivity index (χ3n) is 4.76. The molecule has 3 heteroatoms. The summed E-state index contributed by atoms with van der Waals surface area (Å²) in [7, 11) is 0. The summed E-state index contributed by atoms with van der Waals surface area (Å²) in [4.78, 5) is 0. The van der Waals surface area contributed by atoms with Gasteiger partial charge in [0.1, 0.15) is 11.6 Å². The predicted molar refractivity (Wildman–Crippen MR) is 78.3 cm³/mol. The first kappa shape index (κ1) is 15.4. The fourth-order valence-corrected chi connectivity index (χ4v) is 3.28. The minimum absolute atomic E-state index is 0.123. The summed E-state index contributed by atoms with van der Waals surface area (Å²) < 4.78 is 26.7. The molecule has 1 aliphatic rings. The van der Waals surface area contributed by atoms with Crippen molar-refractivity contribution in [3.8, 4) is 0 Å². The molecular formula is C17H25F2N. The van der Waals surface area contributed by atoms with E-state index in [9.17, 15) is 8.78 Å². The number of hydrogen-bond acceptors (Lipinski definition) is 1. The van der Waals surface area contributed by atoms with E-state index in [4.69, 9.17) is 5.73 Å². The molecule has 2 N–H and O–H groups in total. The SMILES string of the molecule is CC(C)(C)C1CCC(N)C(Cc2ccc(F)cc2F)C1. The fraction of sp³-hybridized carbons (Fsp3) is 0.647. The fourth-order valence-electron chi connectivity index (χ4n) is 3.28. The Labute approximate surface area is 120 Å². The minimum atomic E-state index is -0.522. The Kier molecular flexibility index (Phi) is 4.48. The van der Waals surface area contributed by atoms with E-state index < -0.39 is 11.6 Å². The van der Waals surface area contributed by atoms with E-state index in [1.165, 1.54) is 6.07 Å². The molecule has 0 radical (unpaired) electrons. The zero-order valence-electron chi connectivity index (χ0n) is 12.6. The van der Waals surface area contributed by atoms with Gasteiger partial charge in [-0.05, 0) is 54.6 Å². The first-order valence-corrected chi connectivity index (χ1v) is 7.47. The Balaban J connectivity index is 2.10. The maximum absolute atomic E-state index is 13.8. The molecule has 1 fully saturated rings. The van der Waals surface area contributed by atoms with Crippen molar-refractivity contribution in [1.82, 2.24) is 0 Å². The summed E-state index contributed by atoms with van der Waals surface area (Å²) in [5.74, 6) is -0.0643. The minimum Gasteiger partial charge on any atom is -0.327 e. The lowest BCUT2D eigenvalue weighted by atomic mass is 9.66. The van der Waals surface area contributed by atoms with Crippen molar-refractivity contribution >= 4 is 0 Å². The maximum atomic E-state index is 13.8. The van der Waals surface area contributed by atoms with E-state index in [2.05, 4.69) is 20.8 Å². The van der Waals surface area contributed by atoms with E-state index in [1.54, 1.807) is 6.07 Å². The van der Waals surface area contributed by atoms with Crippen LogP contribution in [0.3, 0.4) is 0 Å². The number of hydrogen-bond donors (Lipinski definition) is 1. The molecule has 1 aliphatic carbocycles. The predicted octanol–water partition coefficient (Wildman–Crippen LogP) is 4.30. The maximum Gasteiger partial charge on any atom is 0.129 e. The standard InChI is InChI=1S/C17H25F2N/c1-17(2,3)13-5-7-16(20)12(9-13)8-11-4-6-14(18)10-15(11)19/h4,6,10,12-13,16H,5,7-9,20H2,1-3H3. The molecule has 20 heavy (non-hydrogen) atoms. The first-order valence-electron chi connectivity index (χ1n) is 7.47. The first-order chi connectivity index (χ1) is 9.27. The highest BCUT2D eigenvalue weighted by atomic mass is 19.1. The molecule has 0 spiro atoms. The molecule has 0 aliphatic heterocycles. The molecule has 2 rings (SSSR count). The van der Waals surface area contributed by atoms with E-state index in [0.717, 1.165) is 25.3 Å². The molecule has 0 aromatic heterocycles. The molecule has 1 aromatic rings. The normalized spacial score (nSPS) is 27.6. The molecule has 3 atom stereocenters. The van der Waals surface area contributed by atoms with E-state index in [1.807, 2.05) is 0 Å². The van der Waals surface area contributed by atoms with Crippen molar-refractivity contribution in [1.29, 1.82) is 0 Å². The Morgan fingerprint density at radius 3 is 2.50 bits per heavy atom. The van der Waals surface area contributed by atoms with Crippen LogP contribution in [0.2, 0.25) is 0 Å². The number of rotatable bonds is 2. The molecule has 1 aromatic carbocycles. The van der Waals surface area contributed by atoms with E-state index in [-0.39, 0.29) is 17.4 Å². The van der Waals surface area contributed by atoms with Crippen LogP contribution in [0, 0.1) is 28.9 Å². The molecule has 0 saturated heterocycles. The van der Waals surface area contributed by atoms with Gasteiger partial charge in [-0.3, -0.25) is 0 Å². The van der Waals surface area contributed by atoms with E-state index >= 15 is 0 Å². The van der Waals surface area contributed by atoms with Gasteiger partial charge in [0, 0.05) is 12.1 Å². The summed E-state index contributed by atoms with van der Waals surface area (Å²) >= 11 is 0. The van der Waals surface area contributed by atoms with Crippen LogP contribution in [-0.2, 0) is 6.42 Å². The largest absolute Gasteiger partial charge is 0.327 e. The second-order valence-corrected chi connectivity index (χ2v) is 7.24. The van der Waals surface area contributed by atoms with Crippen molar-refractivity contribution in [3.05, 3.63) is 35.4 Å². The summed E-state index contributed by atoms with van der Waals surface area (Å²) in [6.45, 7) is 6.76. The van der Waals surface area contributed by atoms with Gasteiger partial charge in [-0.2, -0.15) is 0 Å². The zero-order valence-corrected chi connectivity index (χ0v) is 12.6. The van der Waals surface area contributed by atoms with Gasteiger partial charge in [-0.25, -0.2) is 8.78 Å². The molecule has 3 unspecified atom stereocenters. The topological polar surface area (TPSA) is 26.0 Å². The van der Waals surface area contributed by atoms with Crippen molar-refractivity contribution < 1.29 is 8.78 Å². The quantitative estimate of drug-likeness (QED) is 0.859. The van der Waals surface area contributed by atoms with Crippen LogP contribution >= 0.6 is 0 Å². The van der Waals surface area contributed by atoms with Gasteiger partial charge in [0.05, 0.1) is 0 Å². The highest BCUT2D eigenvalue weighted by Gasteiger charge is 2.34. The van der Waals surface area contributed by atoms with Crippen LogP contribution in [0.1, 0.15) is 45.6 Å². The third kappa shape index (κ3) is 3.57. The lowest BCUT2D eigenvalue weighted by molar-refractivity contribution is 0.126. The van der Waals surface area contributed by atoms with Crippen LogP contribution in [0.4, 0.5) is 8.78 Å². The van der Waals surface area contributed by atoms with Gasteiger partial charge in [-0.15, -0.1) is 0 Å². The highest BCUT2D eigenvalue weighted by Crippen LogP contribution is 2.40. The second-order valence-electron chi connectivity index (χ2n) is 7.24. The summed E-state index contributed by atoms with van der Waals surface area (Å²) in [6.07, 6.45) is 3.78. The Morgan fingerprint density at radius 2 is 1.90 bits per heavy atom. The zero-order chi connectivity index (χ0) is 14.9. The lowest BCUT2D eigenvalue weighted by Gasteiger charge is -2.40. The lowest BCUT2D eigenvalue weighted by Crippen LogP contribution is -2.40. The molecule has 0 amide bonds. The van der Waals surface area contributed by atoms with Crippen LogP contribution < -0.4 is 5.73 Å². The summed E-state index contributed by atoms with van der Waals surface area (Å²) in [5.41, 5.74) is 7.06. The van der Waals surface area contributed by atoms with Crippen LogP contribution in [0.5, 0.6) is 0 Å². The van der Waals surface area contributed by atoms with Crippen LogP contribution in [0.25, 0.3) is 0 Å². The Morgan fingerprint density at radius 1 is 1.20 bits per heavy atom. The molecule has 112 valence electrons. The number of halogens is 2. The van der Waals surface area contributed by atoms with Crippen LogP contribution in [0.15, 0.2) is 18.2 Å². The smallest absolute Gasteiger partial charge is 0.129 e. The molecule has 0 bridgehead atoms. The van der Waals surface area contributed by atoms with Gasteiger partial charge in [-0.1, -0.05) is 26.8 Å². The summed E-state index contributed by atoms with van der Waals surface area (Å²) in [6, 6.07) is 3.97. The average molecular weight is 281 g/mol. The average Bonchev–Trinajstić information content (AvgIpc) is 2.33. The van der Waals surface area contributed by atoms with Crippen LogP contribution in [-0.4, -0.2) is 6.04 Å². The Bertz CT molecular complexity index is 465. The van der Waals surface area contributed by atoms with Crippen molar-refractivity contribution in [2.45, 2.75) is 52.5 Å².